The van der Waals surface area contributed by atoms with Gasteiger partial charge in [0.1, 0.15) is 0 Å². The van der Waals surface area contributed by atoms with Crippen molar-refractivity contribution in [1.29, 1.82) is 0 Å². The summed E-state index contributed by atoms with van der Waals surface area (Å²) in [5.41, 5.74) is 18.8. The Morgan fingerprint density at radius 2 is 0.418 bits per heavy atom. The third-order valence-electron chi connectivity index (χ3n) is 26.7. The normalized spacial score (nSPS) is 12.0. The summed E-state index contributed by atoms with van der Waals surface area (Å²) in [7, 11) is 0. The van der Waals surface area contributed by atoms with Gasteiger partial charge in [0, 0.05) is 93.2 Å². The monoisotopic (exact) mass is 1800 g/mol. The van der Waals surface area contributed by atoms with Crippen molar-refractivity contribution in [2.45, 2.75) is 0 Å². The van der Waals surface area contributed by atoms with Crippen molar-refractivity contribution in [3.05, 3.63) is 497 Å². The fourth-order valence-corrected chi connectivity index (χ4v) is 20.0. The fraction of sp³-hybridized carbons (Fsp3) is 0. The van der Waals surface area contributed by atoms with Crippen LogP contribution in [-0.4, -0.2) is 58.6 Å². The predicted molar refractivity (Wildman–Crippen MR) is 582 cm³/mol. The quantitative estimate of drug-likeness (QED) is 0.111. The van der Waals surface area contributed by atoms with Crippen LogP contribution < -0.4 is 0 Å². The van der Waals surface area contributed by atoms with Gasteiger partial charge in [-0.2, -0.15) is 0 Å². The van der Waals surface area contributed by atoms with Crippen molar-refractivity contribution in [3.63, 3.8) is 0 Å². The Morgan fingerprint density at radius 3 is 0.837 bits per heavy atom. The lowest BCUT2D eigenvalue weighted by Crippen LogP contribution is -2.04. The first-order valence-electron chi connectivity index (χ1n) is 49.5. The molecule has 28 rings (SSSR count). The van der Waals surface area contributed by atoms with E-state index in [1.807, 2.05) is 127 Å². The lowest BCUT2D eigenvalue weighted by Gasteiger charge is -2.16. The van der Waals surface area contributed by atoms with E-state index < -0.39 is 6.04 Å². The van der Waals surface area contributed by atoms with Crippen molar-refractivity contribution in [3.8, 4) is 131 Å². The molecule has 12 nitrogen and oxygen atoms in total. The molecule has 0 amide bonds. The van der Waals surface area contributed by atoms with Gasteiger partial charge >= 0.3 is 0 Å². The molecule has 0 spiro atoms. The average molecular weight is 1810 g/mol. The zero-order chi connectivity index (χ0) is 97.6. The highest BCUT2D eigenvalue weighted by molar-refractivity contribution is 6.14. The van der Waals surface area contributed by atoms with Gasteiger partial charge < -0.3 is 13.7 Å². The molecule has 0 aliphatic carbocycles. The lowest BCUT2D eigenvalue weighted by atomic mass is 10.0. The Bertz CT molecular complexity index is 10000. The van der Waals surface area contributed by atoms with Crippen LogP contribution in [0.1, 0.15) is 6.85 Å². The summed E-state index contributed by atoms with van der Waals surface area (Å²) in [4.78, 5) is 45.5. The maximum absolute atomic E-state index is 8.63. The standard InChI is InChI=1S/C47H30N4.2C41H26N4/c1-3-12-31(13-4-1)36-26-27-44-41(29-36)39-19-9-10-20-42(39)51(44)43-21-11-18-33-23-25-38(30-40(33)43)47-49-45(34-15-5-2-6-16-34)48-46(50-47)37-24-22-32-14-7-8-17-35(32)28-37;1-2-12-28(13-3-1)39-42-40(31-22-21-27-11-4-5-14-29(27)25-31)44-41(43-39)32-23-24-33-30(26-32)15-10-20-36(33)45-37-18-8-6-16-34(37)35-17-7-9-19-38(35)45;1-2-13-28(14-3-1)39-42-40(32-23-22-27-12-4-5-15-29(27)24-32)44-41(43-39)35-25-30-16-6-7-17-31(30)26-38(35)45-36-20-10-8-18-33(36)34-19-9-11-21-37(34)45/h1-30H;2*1-26H/i1D,3D,4D,12D,13D;;. The molecule has 0 aliphatic rings. The molecule has 0 fully saturated rings. The van der Waals surface area contributed by atoms with E-state index in [4.69, 9.17) is 51.7 Å². The molecule has 0 radical (unpaired) electrons. The molecule has 0 saturated carbocycles. The molecule has 141 heavy (non-hydrogen) atoms. The summed E-state index contributed by atoms with van der Waals surface area (Å²) in [5, 5.41) is 20.4. The Kier molecular flexibility index (Phi) is 19.3. The highest BCUT2D eigenvalue weighted by Crippen LogP contribution is 2.44. The number of rotatable bonds is 13. The topological polar surface area (TPSA) is 131 Å². The molecule has 28 aromatic rings. The molecule has 0 saturated heterocycles. The highest BCUT2D eigenvalue weighted by atomic mass is 15.1. The van der Waals surface area contributed by atoms with Gasteiger partial charge in [0.2, 0.25) is 0 Å². The summed E-state index contributed by atoms with van der Waals surface area (Å²) in [6.45, 7) is 0. The minimum Gasteiger partial charge on any atom is -0.309 e. The number of nitrogens with zero attached hydrogens (tertiary/aromatic N) is 12. The summed E-state index contributed by atoms with van der Waals surface area (Å²) >= 11 is 0. The second-order valence-corrected chi connectivity index (χ2v) is 35.2. The van der Waals surface area contributed by atoms with Gasteiger partial charge in [-0.3, -0.25) is 0 Å². The van der Waals surface area contributed by atoms with E-state index in [-0.39, 0.29) is 29.7 Å². The largest absolute Gasteiger partial charge is 0.309 e. The van der Waals surface area contributed by atoms with Crippen molar-refractivity contribution in [2.75, 3.05) is 0 Å². The van der Waals surface area contributed by atoms with Crippen LogP contribution in [0.5, 0.6) is 0 Å². The maximum Gasteiger partial charge on any atom is 0.166 e. The fourth-order valence-electron chi connectivity index (χ4n) is 20.0. The van der Waals surface area contributed by atoms with E-state index in [2.05, 4.69) is 353 Å². The van der Waals surface area contributed by atoms with Gasteiger partial charge in [-0.15, -0.1) is 0 Å². The molecule has 22 aromatic carbocycles. The van der Waals surface area contributed by atoms with Gasteiger partial charge in [-0.1, -0.05) is 400 Å². The average Bonchev–Trinajstić information content (AvgIpc) is 1.57. The van der Waals surface area contributed by atoms with E-state index >= 15 is 0 Å². The van der Waals surface area contributed by atoms with Crippen LogP contribution in [0.25, 0.3) is 261 Å². The number of hydrogen-bond acceptors (Lipinski definition) is 9. The first-order valence-corrected chi connectivity index (χ1v) is 47.0. The van der Waals surface area contributed by atoms with Crippen LogP contribution in [0.15, 0.2) is 497 Å². The number of benzene rings is 22. The molecule has 6 aromatic heterocycles. The van der Waals surface area contributed by atoms with Gasteiger partial charge in [0.25, 0.3) is 0 Å². The number of fused-ring (bicyclic) bond motifs is 15. The van der Waals surface area contributed by atoms with E-state index in [0.29, 0.717) is 58.0 Å². The van der Waals surface area contributed by atoms with Crippen molar-refractivity contribution < 1.29 is 6.85 Å². The first kappa shape index (κ1) is 77.2. The molecule has 658 valence electrons. The van der Waals surface area contributed by atoms with Gasteiger partial charge in [-0.25, -0.2) is 44.9 Å². The molecule has 0 N–H and O–H groups in total. The predicted octanol–water partition coefficient (Wildman–Crippen LogP) is 32.5. The second kappa shape index (κ2) is 35.3. The number of aromatic nitrogens is 12. The van der Waals surface area contributed by atoms with Crippen LogP contribution in [0.4, 0.5) is 0 Å². The third kappa shape index (κ3) is 15.3. The Hall–Kier alpha value is -19.2. The second-order valence-electron chi connectivity index (χ2n) is 35.2. The van der Waals surface area contributed by atoms with E-state index in [1.165, 1.54) is 48.7 Å². The minimum absolute atomic E-state index is 0.180. The summed E-state index contributed by atoms with van der Waals surface area (Å²) in [6, 6.07) is 160. The molecule has 12 heteroatoms. The van der Waals surface area contributed by atoms with Gasteiger partial charge in [0.05, 0.1) is 57.0 Å². The molecule has 0 bridgehead atoms. The summed E-state index contributed by atoms with van der Waals surface area (Å²) in [5.74, 6) is 5.62. The lowest BCUT2D eigenvalue weighted by molar-refractivity contribution is 1.07. The van der Waals surface area contributed by atoms with Crippen LogP contribution in [0.3, 0.4) is 0 Å². The molecule has 0 atom stereocenters. The smallest absolute Gasteiger partial charge is 0.166 e. The Labute approximate surface area is 818 Å². The highest BCUT2D eigenvalue weighted by Gasteiger charge is 2.25. The van der Waals surface area contributed by atoms with Crippen LogP contribution in [0.2, 0.25) is 0 Å². The SMILES string of the molecule is [2H]c1c([2H])c([2H])c(-c2ccc3c(c2)c2ccccc2n3-c2cccc3ccc(-c4nc(-c5ccccc5)nc(-c5ccc6ccccc6c5)n4)cc23)c([2H])c1[2H].c1ccc(-c2nc(-c3ccc4ccccc4c3)nc(-c3cc4ccccc4cc3-n3c4ccccc4c4ccccc43)n2)cc1.c1ccc(-c2nc(-c3ccc4ccccc4c3)nc(-c3ccc4c(-n5c6ccccc6c6ccccc65)cccc4c3)n2)cc1. The third-order valence-corrected chi connectivity index (χ3v) is 26.7. The molecule has 0 unspecified atom stereocenters. The van der Waals surface area contributed by atoms with Crippen molar-refractivity contribution >= 4 is 130 Å². The summed E-state index contributed by atoms with van der Waals surface area (Å²) in [6.07, 6.45) is 0. The van der Waals surface area contributed by atoms with E-state index in [0.717, 1.165) is 148 Å². The molecule has 6 heterocycles. The Morgan fingerprint density at radius 1 is 0.142 bits per heavy atom. The van der Waals surface area contributed by atoms with Crippen molar-refractivity contribution in [1.82, 2.24) is 58.6 Å². The van der Waals surface area contributed by atoms with Crippen LogP contribution in [-0.2, 0) is 0 Å². The van der Waals surface area contributed by atoms with E-state index in [1.54, 1.807) is 0 Å². The molecule has 0 aliphatic heterocycles. The summed E-state index contributed by atoms with van der Waals surface area (Å²) < 4.78 is 48.8. The first-order chi connectivity index (χ1) is 71.9. The Balaban J connectivity index is 0.000000112. The zero-order valence-corrected chi connectivity index (χ0v) is 75.8. The molecular weight excluding hydrogens is 1720 g/mol. The molecular formula is C129H82N12. The van der Waals surface area contributed by atoms with Gasteiger partial charge in [0.15, 0.2) is 52.4 Å². The van der Waals surface area contributed by atoms with E-state index in [9.17, 15) is 0 Å². The van der Waals surface area contributed by atoms with Crippen LogP contribution in [0, 0.1) is 0 Å². The number of para-hydroxylation sites is 5. The maximum atomic E-state index is 8.63. The zero-order valence-electron chi connectivity index (χ0n) is 80.8. The van der Waals surface area contributed by atoms with Crippen molar-refractivity contribution in [2.24, 2.45) is 0 Å². The van der Waals surface area contributed by atoms with Crippen LogP contribution >= 0.6 is 0 Å². The van der Waals surface area contributed by atoms with Gasteiger partial charge in [-0.05, 0) is 162 Å². The number of hydrogen-bond donors (Lipinski definition) is 0. The minimum atomic E-state index is -0.407.